The molecule has 6 nitrogen and oxygen atoms in total. The molecule has 162 valence electrons. The van der Waals surface area contributed by atoms with Crippen molar-refractivity contribution in [2.45, 2.75) is 50.2 Å². The third-order valence-electron chi connectivity index (χ3n) is 5.57. The molecule has 0 unspecified atom stereocenters. The van der Waals surface area contributed by atoms with E-state index in [2.05, 4.69) is 34.6 Å². The first-order chi connectivity index (χ1) is 15.2. The Morgan fingerprint density at radius 2 is 1.84 bits per heavy atom. The van der Waals surface area contributed by atoms with Gasteiger partial charge in [-0.2, -0.15) is 0 Å². The van der Waals surface area contributed by atoms with Gasteiger partial charge in [0, 0.05) is 11.6 Å². The summed E-state index contributed by atoms with van der Waals surface area (Å²) in [5.74, 6) is 1.80. The van der Waals surface area contributed by atoms with E-state index in [1.54, 1.807) is 7.11 Å². The smallest absolute Gasteiger partial charge is 0.230 e. The molecular weight excluding hydrogens is 408 g/mol. The molecule has 1 aromatic heterocycles. The second kappa shape index (κ2) is 10.0. The second-order valence-corrected chi connectivity index (χ2v) is 8.81. The predicted octanol–water partition coefficient (Wildman–Crippen LogP) is 4.79. The molecule has 2 aromatic carbocycles. The molecule has 1 aliphatic rings. The topological polar surface area (TPSA) is 69.0 Å². The number of aromatic nitrogens is 3. The van der Waals surface area contributed by atoms with Crippen LogP contribution in [0.2, 0.25) is 0 Å². The number of benzene rings is 2. The number of nitrogens with zero attached hydrogens (tertiary/aromatic N) is 3. The fourth-order valence-corrected chi connectivity index (χ4v) is 4.69. The van der Waals surface area contributed by atoms with Crippen molar-refractivity contribution in [2.75, 3.05) is 12.9 Å². The van der Waals surface area contributed by atoms with Crippen LogP contribution in [-0.4, -0.2) is 39.6 Å². The van der Waals surface area contributed by atoms with Crippen molar-refractivity contribution in [3.05, 3.63) is 54.1 Å². The molecule has 0 atom stereocenters. The number of nitrogens with one attached hydrogen (secondary N) is 1. The number of rotatable bonds is 7. The van der Waals surface area contributed by atoms with Gasteiger partial charge in [-0.05, 0) is 31.9 Å². The fraction of sp³-hybridized carbons (Fsp3) is 0.375. The highest BCUT2D eigenvalue weighted by atomic mass is 32.2. The minimum Gasteiger partial charge on any atom is -0.495 e. The van der Waals surface area contributed by atoms with E-state index in [0.717, 1.165) is 35.7 Å². The normalized spacial score (nSPS) is 14.4. The van der Waals surface area contributed by atoms with E-state index in [1.165, 1.54) is 36.6 Å². The quantitative estimate of drug-likeness (QED) is 0.539. The van der Waals surface area contributed by atoms with Gasteiger partial charge in [-0.1, -0.05) is 73.0 Å². The van der Waals surface area contributed by atoms with Gasteiger partial charge < -0.3 is 10.1 Å². The lowest BCUT2D eigenvalue weighted by atomic mass is 9.95. The lowest BCUT2D eigenvalue weighted by Crippen LogP contribution is -2.37. The third-order valence-corrected chi connectivity index (χ3v) is 6.50. The van der Waals surface area contributed by atoms with Gasteiger partial charge in [0.2, 0.25) is 5.91 Å². The van der Waals surface area contributed by atoms with Crippen molar-refractivity contribution in [1.82, 2.24) is 20.1 Å². The molecule has 0 radical (unpaired) electrons. The SMILES string of the molecule is COc1ccccc1-n1c(SCC(=O)NC2CCCCC2)nnc1-c1ccc(C)cc1. The van der Waals surface area contributed by atoms with E-state index in [4.69, 9.17) is 4.74 Å². The zero-order valence-corrected chi connectivity index (χ0v) is 18.8. The fourth-order valence-electron chi connectivity index (χ4n) is 3.93. The number of ether oxygens (including phenoxy) is 1. The number of methoxy groups -OCH3 is 1. The van der Waals surface area contributed by atoms with E-state index >= 15 is 0 Å². The third kappa shape index (κ3) is 5.10. The molecule has 1 fully saturated rings. The zero-order chi connectivity index (χ0) is 21.6. The number of carbonyl (C=O) groups is 1. The van der Waals surface area contributed by atoms with Crippen LogP contribution in [0.5, 0.6) is 5.75 Å². The number of amides is 1. The van der Waals surface area contributed by atoms with Gasteiger partial charge in [0.1, 0.15) is 5.75 Å². The lowest BCUT2D eigenvalue weighted by molar-refractivity contribution is -0.119. The number of carbonyl (C=O) groups excluding carboxylic acids is 1. The summed E-state index contributed by atoms with van der Waals surface area (Å²) in [6.07, 6.45) is 5.81. The summed E-state index contributed by atoms with van der Waals surface area (Å²) in [7, 11) is 1.65. The van der Waals surface area contributed by atoms with Crippen molar-refractivity contribution in [3.8, 4) is 22.8 Å². The van der Waals surface area contributed by atoms with Gasteiger partial charge in [0.15, 0.2) is 11.0 Å². The van der Waals surface area contributed by atoms with Crippen LogP contribution in [-0.2, 0) is 4.79 Å². The molecule has 1 heterocycles. The molecule has 4 rings (SSSR count). The largest absolute Gasteiger partial charge is 0.495 e. The Balaban J connectivity index is 1.61. The highest BCUT2D eigenvalue weighted by molar-refractivity contribution is 7.99. The van der Waals surface area contributed by atoms with Crippen LogP contribution in [0.25, 0.3) is 17.1 Å². The molecule has 1 aliphatic carbocycles. The predicted molar refractivity (Wildman–Crippen MR) is 124 cm³/mol. The Labute approximate surface area is 187 Å². The average molecular weight is 437 g/mol. The van der Waals surface area contributed by atoms with Crippen LogP contribution < -0.4 is 10.1 Å². The Hall–Kier alpha value is -2.80. The standard InChI is InChI=1S/C24H28N4O2S/c1-17-12-14-18(15-13-17)23-26-27-24(28(23)20-10-6-7-11-21(20)30-2)31-16-22(29)25-19-8-4-3-5-9-19/h6-7,10-15,19H,3-5,8-9,16H2,1-2H3,(H,25,29). The summed E-state index contributed by atoms with van der Waals surface area (Å²) < 4.78 is 7.57. The molecule has 0 bridgehead atoms. The molecule has 7 heteroatoms. The maximum Gasteiger partial charge on any atom is 0.230 e. The van der Waals surface area contributed by atoms with Crippen LogP contribution in [0.1, 0.15) is 37.7 Å². The molecular formula is C24H28N4O2S. The second-order valence-electron chi connectivity index (χ2n) is 7.87. The van der Waals surface area contributed by atoms with Gasteiger partial charge in [0.25, 0.3) is 0 Å². The first-order valence-electron chi connectivity index (χ1n) is 10.7. The van der Waals surface area contributed by atoms with E-state index in [1.807, 2.05) is 41.0 Å². The minimum atomic E-state index is 0.0448. The van der Waals surface area contributed by atoms with Crippen LogP contribution >= 0.6 is 11.8 Å². The summed E-state index contributed by atoms with van der Waals surface area (Å²) >= 11 is 1.40. The highest BCUT2D eigenvalue weighted by Crippen LogP contribution is 2.32. The van der Waals surface area contributed by atoms with Gasteiger partial charge in [-0.25, -0.2) is 0 Å². The average Bonchev–Trinajstić information content (AvgIpc) is 3.22. The zero-order valence-electron chi connectivity index (χ0n) is 18.0. The summed E-state index contributed by atoms with van der Waals surface area (Å²) in [5.41, 5.74) is 2.99. The van der Waals surface area contributed by atoms with Crippen molar-refractivity contribution in [3.63, 3.8) is 0 Å². The summed E-state index contributed by atoms with van der Waals surface area (Å²) in [6, 6.07) is 16.3. The van der Waals surface area contributed by atoms with Crippen LogP contribution in [0, 0.1) is 6.92 Å². The lowest BCUT2D eigenvalue weighted by Gasteiger charge is -2.22. The molecule has 0 saturated heterocycles. The van der Waals surface area contributed by atoms with Gasteiger partial charge >= 0.3 is 0 Å². The monoisotopic (exact) mass is 436 g/mol. The summed E-state index contributed by atoms with van der Waals surface area (Å²) in [6.45, 7) is 2.06. The first-order valence-corrected chi connectivity index (χ1v) is 11.7. The van der Waals surface area contributed by atoms with Crippen molar-refractivity contribution in [1.29, 1.82) is 0 Å². The number of para-hydroxylation sites is 2. The van der Waals surface area contributed by atoms with Crippen molar-refractivity contribution >= 4 is 17.7 Å². The van der Waals surface area contributed by atoms with Crippen LogP contribution in [0.4, 0.5) is 0 Å². The summed E-state index contributed by atoms with van der Waals surface area (Å²) in [5, 5.41) is 12.7. The Morgan fingerprint density at radius 1 is 1.10 bits per heavy atom. The molecule has 3 aromatic rings. The number of hydrogen-bond donors (Lipinski definition) is 1. The van der Waals surface area contributed by atoms with Gasteiger partial charge in [0.05, 0.1) is 18.6 Å². The van der Waals surface area contributed by atoms with Crippen molar-refractivity contribution in [2.24, 2.45) is 0 Å². The molecule has 0 aliphatic heterocycles. The van der Waals surface area contributed by atoms with Crippen molar-refractivity contribution < 1.29 is 9.53 Å². The van der Waals surface area contributed by atoms with E-state index in [-0.39, 0.29) is 5.91 Å². The van der Waals surface area contributed by atoms with Crippen LogP contribution in [0.3, 0.4) is 0 Å². The molecule has 0 spiro atoms. The molecule has 1 saturated carbocycles. The highest BCUT2D eigenvalue weighted by Gasteiger charge is 2.21. The van der Waals surface area contributed by atoms with Gasteiger partial charge in [-0.15, -0.1) is 10.2 Å². The Bertz CT molecular complexity index is 1030. The number of aryl methyl sites for hydroxylation is 1. The molecule has 1 amide bonds. The number of thioether (sulfide) groups is 1. The Kier molecular flexibility index (Phi) is 6.92. The maximum atomic E-state index is 12.6. The number of hydrogen-bond acceptors (Lipinski definition) is 5. The van der Waals surface area contributed by atoms with Gasteiger partial charge in [-0.3, -0.25) is 9.36 Å². The van der Waals surface area contributed by atoms with E-state index < -0.39 is 0 Å². The Morgan fingerprint density at radius 3 is 2.58 bits per heavy atom. The maximum absolute atomic E-state index is 12.6. The minimum absolute atomic E-state index is 0.0448. The van der Waals surface area contributed by atoms with Crippen LogP contribution in [0.15, 0.2) is 53.7 Å². The summed E-state index contributed by atoms with van der Waals surface area (Å²) in [4.78, 5) is 12.6. The first kappa shape index (κ1) is 21.4. The van der Waals surface area contributed by atoms with E-state index in [0.29, 0.717) is 17.0 Å². The molecule has 31 heavy (non-hydrogen) atoms. The molecule has 1 N–H and O–H groups in total. The van der Waals surface area contributed by atoms with E-state index in [9.17, 15) is 4.79 Å².